The van der Waals surface area contributed by atoms with Crippen LogP contribution in [0.2, 0.25) is 0 Å². The van der Waals surface area contributed by atoms with Crippen molar-refractivity contribution in [1.82, 2.24) is 4.98 Å². The third kappa shape index (κ3) is 2.21. The van der Waals surface area contributed by atoms with E-state index < -0.39 is 5.97 Å². The largest absolute Gasteiger partial charge is 0.481 e. The summed E-state index contributed by atoms with van der Waals surface area (Å²) < 4.78 is 5.03. The Balaban J connectivity index is 2.19. The van der Waals surface area contributed by atoms with Crippen molar-refractivity contribution >= 4 is 12.0 Å². The number of hydrogen-bond acceptors (Lipinski definition) is 3. The van der Waals surface area contributed by atoms with Crippen LogP contribution in [-0.4, -0.2) is 23.2 Å². The van der Waals surface area contributed by atoms with Gasteiger partial charge in [0.05, 0.1) is 13.5 Å². The molecule has 1 aromatic rings. The Morgan fingerprint density at radius 2 is 2.50 bits per heavy atom. The first-order chi connectivity index (χ1) is 7.69. The van der Waals surface area contributed by atoms with Crippen molar-refractivity contribution in [3.63, 3.8) is 0 Å². The molecule has 0 saturated carbocycles. The van der Waals surface area contributed by atoms with Gasteiger partial charge in [0.2, 0.25) is 5.88 Å². The van der Waals surface area contributed by atoms with Crippen LogP contribution in [0.3, 0.4) is 0 Å². The Kier molecular flexibility index (Phi) is 2.90. The molecule has 1 heterocycles. The van der Waals surface area contributed by atoms with E-state index in [1.165, 1.54) is 0 Å². The molecular formula is C12H13NO3. The highest BCUT2D eigenvalue weighted by Gasteiger charge is 2.17. The average molecular weight is 219 g/mol. The summed E-state index contributed by atoms with van der Waals surface area (Å²) in [5.41, 5.74) is 2.14. The van der Waals surface area contributed by atoms with Crippen LogP contribution in [0.15, 0.2) is 18.3 Å². The zero-order valence-electron chi connectivity index (χ0n) is 9.01. The monoisotopic (exact) mass is 219 g/mol. The molecule has 16 heavy (non-hydrogen) atoms. The van der Waals surface area contributed by atoms with Crippen molar-refractivity contribution in [2.45, 2.75) is 12.8 Å². The van der Waals surface area contributed by atoms with Crippen LogP contribution in [0.5, 0.6) is 5.88 Å². The number of methoxy groups -OCH3 is 1. The number of aromatic nitrogens is 1. The van der Waals surface area contributed by atoms with Gasteiger partial charge in [0.15, 0.2) is 0 Å². The molecule has 4 nitrogen and oxygen atoms in total. The molecule has 1 N–H and O–H groups in total. The molecular weight excluding hydrogens is 206 g/mol. The van der Waals surface area contributed by atoms with Crippen LogP contribution >= 0.6 is 0 Å². The van der Waals surface area contributed by atoms with E-state index >= 15 is 0 Å². The average Bonchev–Trinajstić information content (AvgIpc) is 2.27. The highest BCUT2D eigenvalue weighted by Crippen LogP contribution is 2.26. The molecule has 0 aliphatic heterocycles. The van der Waals surface area contributed by atoms with Crippen molar-refractivity contribution in [3.05, 3.63) is 29.5 Å². The normalized spacial score (nSPS) is 17.9. The Morgan fingerprint density at radius 1 is 1.69 bits per heavy atom. The van der Waals surface area contributed by atoms with Gasteiger partial charge in [0.25, 0.3) is 0 Å². The second kappa shape index (κ2) is 4.35. The second-order valence-corrected chi connectivity index (χ2v) is 3.85. The number of allylic oxidation sites excluding steroid dienone is 1. The summed E-state index contributed by atoms with van der Waals surface area (Å²) >= 11 is 0. The number of nitrogens with zero attached hydrogens (tertiary/aromatic N) is 1. The third-order valence-electron chi connectivity index (χ3n) is 2.67. The first kappa shape index (κ1) is 10.7. The summed E-state index contributed by atoms with van der Waals surface area (Å²) in [6.45, 7) is 0. The molecule has 84 valence electrons. The fourth-order valence-corrected chi connectivity index (χ4v) is 1.87. The molecule has 0 amide bonds. The number of fused-ring (bicyclic) bond motifs is 1. The van der Waals surface area contributed by atoms with Gasteiger partial charge in [-0.05, 0) is 23.5 Å². The van der Waals surface area contributed by atoms with Crippen LogP contribution < -0.4 is 4.74 Å². The lowest BCUT2D eigenvalue weighted by Gasteiger charge is -2.17. The third-order valence-corrected chi connectivity index (χ3v) is 2.67. The number of carbonyl (C=O) groups is 1. The molecule has 1 unspecified atom stereocenters. The lowest BCUT2D eigenvalue weighted by atomic mass is 9.89. The smallest absolute Gasteiger partial charge is 0.303 e. The lowest BCUT2D eigenvalue weighted by Crippen LogP contribution is -2.12. The predicted octanol–water partition coefficient (Wildman–Crippen LogP) is 1.75. The van der Waals surface area contributed by atoms with Gasteiger partial charge in [-0.25, -0.2) is 4.98 Å². The lowest BCUT2D eigenvalue weighted by molar-refractivity contribution is -0.137. The van der Waals surface area contributed by atoms with Gasteiger partial charge in [-0.2, -0.15) is 0 Å². The standard InChI is InChI=1S/C12H13NO3/c1-16-11-6-9-3-2-8(5-12(14)15)4-10(9)7-13-11/h2-3,6-8H,4-5H2,1H3,(H,14,15). The van der Waals surface area contributed by atoms with Crippen molar-refractivity contribution in [1.29, 1.82) is 0 Å². The van der Waals surface area contributed by atoms with Crippen molar-refractivity contribution < 1.29 is 14.6 Å². The molecule has 1 atom stereocenters. The summed E-state index contributed by atoms with van der Waals surface area (Å²) in [6.07, 6.45) is 6.54. The van der Waals surface area contributed by atoms with Gasteiger partial charge in [-0.1, -0.05) is 12.2 Å². The number of aliphatic carboxylic acids is 1. The molecule has 0 aromatic carbocycles. The van der Waals surface area contributed by atoms with Crippen LogP contribution in [0.25, 0.3) is 6.08 Å². The van der Waals surface area contributed by atoms with E-state index in [0.29, 0.717) is 5.88 Å². The maximum absolute atomic E-state index is 10.6. The Labute approximate surface area is 93.6 Å². The molecule has 0 saturated heterocycles. The van der Waals surface area contributed by atoms with Gasteiger partial charge in [-0.3, -0.25) is 4.79 Å². The molecule has 1 aromatic heterocycles. The number of carboxylic acid groups (broad SMARTS) is 1. The van der Waals surface area contributed by atoms with Gasteiger partial charge in [0, 0.05) is 12.3 Å². The Hall–Kier alpha value is -1.84. The van der Waals surface area contributed by atoms with Gasteiger partial charge in [0.1, 0.15) is 0 Å². The fourth-order valence-electron chi connectivity index (χ4n) is 1.87. The Morgan fingerprint density at radius 3 is 3.19 bits per heavy atom. The molecule has 1 aliphatic rings. The summed E-state index contributed by atoms with van der Waals surface area (Å²) in [4.78, 5) is 14.7. The van der Waals surface area contributed by atoms with Crippen LogP contribution in [0.1, 0.15) is 17.5 Å². The summed E-state index contributed by atoms with van der Waals surface area (Å²) in [5, 5.41) is 8.73. The van der Waals surface area contributed by atoms with Gasteiger partial charge >= 0.3 is 5.97 Å². The number of ether oxygens (including phenoxy) is 1. The van der Waals surface area contributed by atoms with Crippen molar-refractivity contribution in [2.75, 3.05) is 7.11 Å². The minimum atomic E-state index is -0.764. The molecule has 2 rings (SSSR count). The summed E-state index contributed by atoms with van der Waals surface area (Å²) in [6, 6.07) is 1.86. The number of carboxylic acids is 1. The molecule has 1 aliphatic carbocycles. The first-order valence-corrected chi connectivity index (χ1v) is 5.12. The Bertz CT molecular complexity index is 440. The number of pyridine rings is 1. The van der Waals surface area contributed by atoms with E-state index in [4.69, 9.17) is 9.84 Å². The maximum atomic E-state index is 10.6. The maximum Gasteiger partial charge on any atom is 0.303 e. The van der Waals surface area contributed by atoms with Crippen LogP contribution in [0, 0.1) is 5.92 Å². The van der Waals surface area contributed by atoms with E-state index in [0.717, 1.165) is 17.5 Å². The zero-order valence-corrected chi connectivity index (χ0v) is 9.01. The summed E-state index contributed by atoms with van der Waals surface area (Å²) in [7, 11) is 1.58. The predicted molar refractivity (Wildman–Crippen MR) is 59.3 cm³/mol. The van der Waals surface area contributed by atoms with Gasteiger partial charge in [-0.15, -0.1) is 0 Å². The molecule has 0 bridgehead atoms. The molecule has 0 spiro atoms. The minimum Gasteiger partial charge on any atom is -0.481 e. The zero-order chi connectivity index (χ0) is 11.5. The van der Waals surface area contributed by atoms with E-state index in [2.05, 4.69) is 4.98 Å². The highest BCUT2D eigenvalue weighted by molar-refractivity contribution is 5.68. The highest BCUT2D eigenvalue weighted by atomic mass is 16.5. The van der Waals surface area contributed by atoms with E-state index in [1.807, 2.05) is 18.2 Å². The van der Waals surface area contributed by atoms with Crippen molar-refractivity contribution in [3.8, 4) is 5.88 Å². The van der Waals surface area contributed by atoms with E-state index in [-0.39, 0.29) is 12.3 Å². The first-order valence-electron chi connectivity index (χ1n) is 5.12. The molecule has 4 heteroatoms. The quantitative estimate of drug-likeness (QED) is 0.841. The SMILES string of the molecule is COc1cc2c(cn1)CC(CC(=O)O)C=C2. The topological polar surface area (TPSA) is 59.4 Å². The number of rotatable bonds is 3. The molecule has 0 fully saturated rings. The minimum absolute atomic E-state index is 0.0696. The van der Waals surface area contributed by atoms with Crippen molar-refractivity contribution in [2.24, 2.45) is 5.92 Å². The van der Waals surface area contributed by atoms with E-state index in [1.54, 1.807) is 13.3 Å². The fraction of sp³-hybridized carbons (Fsp3) is 0.333. The van der Waals surface area contributed by atoms with E-state index in [9.17, 15) is 4.79 Å². The van der Waals surface area contributed by atoms with Gasteiger partial charge < -0.3 is 9.84 Å². The number of hydrogen-bond donors (Lipinski definition) is 1. The second-order valence-electron chi connectivity index (χ2n) is 3.85. The van der Waals surface area contributed by atoms with Crippen LogP contribution in [0.4, 0.5) is 0 Å². The molecule has 0 radical (unpaired) electrons. The summed E-state index contributed by atoms with van der Waals surface area (Å²) in [5.74, 6) is -0.111. The van der Waals surface area contributed by atoms with Crippen LogP contribution in [-0.2, 0) is 11.2 Å².